The summed E-state index contributed by atoms with van der Waals surface area (Å²) >= 11 is 0. The van der Waals surface area contributed by atoms with Gasteiger partial charge in [-0.3, -0.25) is 4.90 Å². The lowest BCUT2D eigenvalue weighted by Crippen LogP contribution is -2.36. The lowest BCUT2D eigenvalue weighted by Gasteiger charge is -2.29. The molecule has 1 aromatic rings. The molecule has 2 N–H and O–H groups in total. The van der Waals surface area contributed by atoms with Gasteiger partial charge in [0.15, 0.2) is 0 Å². The van der Waals surface area contributed by atoms with Gasteiger partial charge in [-0.05, 0) is 49.4 Å². The Morgan fingerprint density at radius 3 is 2.74 bits per heavy atom. The highest BCUT2D eigenvalue weighted by atomic mass is 16.5. The largest absolute Gasteiger partial charge is 0.492 e. The van der Waals surface area contributed by atoms with Crippen LogP contribution in [0.15, 0.2) is 24.3 Å². The summed E-state index contributed by atoms with van der Waals surface area (Å²) in [6, 6.07) is 6.95. The fourth-order valence-corrected chi connectivity index (χ4v) is 2.34. The molecule has 1 fully saturated rings. The highest BCUT2D eigenvalue weighted by Gasteiger charge is 2.15. The number of rotatable bonds is 5. The molecule has 1 saturated heterocycles. The molecule has 0 atom stereocenters. The first kappa shape index (κ1) is 14.4. The molecule has 1 heterocycles. The SMILES string of the molecule is CC1CCN(CCOc2cccc(B(O)O)c2)CC1. The molecule has 1 aliphatic heterocycles. The van der Waals surface area contributed by atoms with Crippen molar-refractivity contribution in [3.8, 4) is 5.75 Å². The first-order valence-corrected chi connectivity index (χ1v) is 6.96. The fraction of sp³-hybridized carbons (Fsp3) is 0.571. The molecule has 0 spiro atoms. The Kier molecular flexibility index (Phi) is 5.25. The van der Waals surface area contributed by atoms with Gasteiger partial charge < -0.3 is 14.8 Å². The highest BCUT2D eigenvalue weighted by molar-refractivity contribution is 6.58. The molecular weight excluding hydrogens is 241 g/mol. The zero-order valence-corrected chi connectivity index (χ0v) is 11.5. The van der Waals surface area contributed by atoms with Crippen LogP contribution in [0.3, 0.4) is 0 Å². The third-order valence-electron chi connectivity index (χ3n) is 3.71. The molecule has 1 aromatic carbocycles. The van der Waals surface area contributed by atoms with Crippen molar-refractivity contribution >= 4 is 12.6 Å². The molecule has 0 saturated carbocycles. The smallest absolute Gasteiger partial charge is 0.488 e. The molecule has 19 heavy (non-hydrogen) atoms. The molecular formula is C14H22BNO3. The zero-order chi connectivity index (χ0) is 13.7. The molecule has 2 rings (SSSR count). The molecule has 0 unspecified atom stereocenters. The Morgan fingerprint density at radius 1 is 1.32 bits per heavy atom. The van der Waals surface area contributed by atoms with Gasteiger partial charge in [0.05, 0.1) is 0 Å². The number of hydrogen-bond donors (Lipinski definition) is 2. The van der Waals surface area contributed by atoms with Crippen LogP contribution >= 0.6 is 0 Å². The quantitative estimate of drug-likeness (QED) is 0.759. The van der Waals surface area contributed by atoms with Crippen molar-refractivity contribution in [1.29, 1.82) is 0 Å². The Bertz CT molecular complexity index is 392. The first-order valence-electron chi connectivity index (χ1n) is 6.96. The van der Waals surface area contributed by atoms with Crippen molar-refractivity contribution in [3.05, 3.63) is 24.3 Å². The van der Waals surface area contributed by atoms with Gasteiger partial charge in [0.1, 0.15) is 12.4 Å². The van der Waals surface area contributed by atoms with Crippen LogP contribution in [0, 0.1) is 5.92 Å². The van der Waals surface area contributed by atoms with Crippen LogP contribution in [0.5, 0.6) is 5.75 Å². The van der Waals surface area contributed by atoms with Gasteiger partial charge in [-0.1, -0.05) is 19.1 Å². The molecule has 0 aromatic heterocycles. The average molecular weight is 263 g/mol. The normalized spacial score (nSPS) is 17.4. The van der Waals surface area contributed by atoms with Gasteiger partial charge >= 0.3 is 7.12 Å². The maximum atomic E-state index is 9.09. The maximum Gasteiger partial charge on any atom is 0.488 e. The van der Waals surface area contributed by atoms with E-state index in [9.17, 15) is 0 Å². The van der Waals surface area contributed by atoms with E-state index in [1.807, 2.05) is 6.07 Å². The van der Waals surface area contributed by atoms with Crippen molar-refractivity contribution in [3.63, 3.8) is 0 Å². The van der Waals surface area contributed by atoms with Crippen LogP contribution in [-0.2, 0) is 0 Å². The van der Waals surface area contributed by atoms with E-state index in [1.165, 1.54) is 12.8 Å². The second kappa shape index (κ2) is 6.94. The molecule has 104 valence electrons. The number of benzene rings is 1. The van der Waals surface area contributed by atoms with E-state index in [0.29, 0.717) is 17.8 Å². The van der Waals surface area contributed by atoms with Gasteiger partial charge in [-0.25, -0.2) is 0 Å². The lowest BCUT2D eigenvalue weighted by molar-refractivity contribution is 0.160. The molecule has 0 radical (unpaired) electrons. The summed E-state index contributed by atoms with van der Waals surface area (Å²) < 4.78 is 5.66. The minimum absolute atomic E-state index is 0.462. The number of likely N-dealkylation sites (tertiary alicyclic amines) is 1. The van der Waals surface area contributed by atoms with Crippen LogP contribution < -0.4 is 10.2 Å². The zero-order valence-electron chi connectivity index (χ0n) is 11.5. The summed E-state index contributed by atoms with van der Waals surface area (Å²) in [6.07, 6.45) is 2.54. The number of hydrogen-bond acceptors (Lipinski definition) is 4. The summed E-state index contributed by atoms with van der Waals surface area (Å²) in [6.45, 7) is 6.18. The summed E-state index contributed by atoms with van der Waals surface area (Å²) in [7, 11) is -1.44. The average Bonchev–Trinajstić information content (AvgIpc) is 2.41. The Labute approximate surface area is 115 Å². The van der Waals surface area contributed by atoms with E-state index in [-0.39, 0.29) is 0 Å². The van der Waals surface area contributed by atoms with Crippen molar-refractivity contribution < 1.29 is 14.8 Å². The third kappa shape index (κ3) is 4.53. The van der Waals surface area contributed by atoms with Crippen molar-refractivity contribution in [2.75, 3.05) is 26.2 Å². The minimum atomic E-state index is -1.44. The van der Waals surface area contributed by atoms with Gasteiger partial charge in [0.2, 0.25) is 0 Å². The van der Waals surface area contributed by atoms with Crippen molar-refractivity contribution in [1.82, 2.24) is 4.90 Å². The Hall–Kier alpha value is -1.04. The summed E-state index contributed by atoms with van der Waals surface area (Å²) in [4.78, 5) is 2.42. The topological polar surface area (TPSA) is 52.9 Å². The second-order valence-corrected chi connectivity index (χ2v) is 5.32. The van der Waals surface area contributed by atoms with Gasteiger partial charge in [-0.2, -0.15) is 0 Å². The summed E-state index contributed by atoms with van der Waals surface area (Å²) in [5.74, 6) is 1.54. The lowest BCUT2D eigenvalue weighted by atomic mass is 9.80. The van der Waals surface area contributed by atoms with Crippen LogP contribution in [0.4, 0.5) is 0 Å². The van der Waals surface area contributed by atoms with Crippen molar-refractivity contribution in [2.24, 2.45) is 5.92 Å². The third-order valence-corrected chi connectivity index (χ3v) is 3.71. The van der Waals surface area contributed by atoms with Crippen molar-refractivity contribution in [2.45, 2.75) is 19.8 Å². The van der Waals surface area contributed by atoms with Gasteiger partial charge in [0.25, 0.3) is 0 Å². The van der Waals surface area contributed by atoms with E-state index in [2.05, 4.69) is 11.8 Å². The summed E-state index contributed by atoms with van der Waals surface area (Å²) in [5, 5.41) is 18.2. The number of ether oxygens (including phenoxy) is 1. The fourth-order valence-electron chi connectivity index (χ4n) is 2.34. The minimum Gasteiger partial charge on any atom is -0.492 e. The molecule has 0 aliphatic carbocycles. The Balaban J connectivity index is 1.75. The van der Waals surface area contributed by atoms with Crippen LogP contribution in [-0.4, -0.2) is 48.3 Å². The number of piperidine rings is 1. The van der Waals surface area contributed by atoms with Crippen LogP contribution in [0.1, 0.15) is 19.8 Å². The van der Waals surface area contributed by atoms with E-state index in [4.69, 9.17) is 14.8 Å². The predicted octanol–water partition coefficient (Wildman–Crippen LogP) is 0.477. The molecule has 1 aliphatic rings. The summed E-state index contributed by atoms with van der Waals surface area (Å²) in [5.41, 5.74) is 0.462. The van der Waals surface area contributed by atoms with E-state index in [1.54, 1.807) is 18.2 Å². The molecule has 4 nitrogen and oxygen atoms in total. The van der Waals surface area contributed by atoms with Gasteiger partial charge in [-0.15, -0.1) is 0 Å². The van der Waals surface area contributed by atoms with E-state index >= 15 is 0 Å². The molecule has 0 bridgehead atoms. The number of nitrogens with zero attached hydrogens (tertiary/aromatic N) is 1. The molecule has 5 heteroatoms. The monoisotopic (exact) mass is 263 g/mol. The second-order valence-electron chi connectivity index (χ2n) is 5.32. The highest BCUT2D eigenvalue weighted by Crippen LogP contribution is 2.15. The van der Waals surface area contributed by atoms with Gasteiger partial charge in [0, 0.05) is 6.54 Å². The van der Waals surface area contributed by atoms with Crippen LogP contribution in [0.2, 0.25) is 0 Å². The van der Waals surface area contributed by atoms with E-state index < -0.39 is 7.12 Å². The van der Waals surface area contributed by atoms with Crippen LogP contribution in [0.25, 0.3) is 0 Å². The predicted molar refractivity (Wildman–Crippen MR) is 76.6 cm³/mol. The maximum absolute atomic E-state index is 9.09. The molecule has 0 amide bonds. The van der Waals surface area contributed by atoms with E-state index in [0.717, 1.165) is 25.6 Å². The Morgan fingerprint density at radius 2 is 2.05 bits per heavy atom. The standard InChI is InChI=1S/C14H22BNO3/c1-12-5-7-16(8-6-12)9-10-19-14-4-2-3-13(11-14)15(17)18/h2-4,11-12,17-18H,5-10H2,1H3. The first-order chi connectivity index (χ1) is 9.15.